The fraction of sp³-hybridized carbons (Fsp3) is 0.364. The zero-order valence-corrected chi connectivity index (χ0v) is 10.4. The van der Waals surface area contributed by atoms with E-state index in [1.165, 1.54) is 4.90 Å². The highest BCUT2D eigenvalue weighted by Crippen LogP contribution is 2.08. The lowest BCUT2D eigenvalue weighted by Gasteiger charge is -2.23. The number of nitrogens with zero attached hydrogens (tertiary/aromatic N) is 2. The van der Waals surface area contributed by atoms with Gasteiger partial charge in [-0.1, -0.05) is 18.3 Å². The average Bonchev–Trinajstić information content (AvgIpc) is 2.26. The normalized spacial score (nSPS) is 11.9. The van der Waals surface area contributed by atoms with Crippen LogP contribution in [0, 0.1) is 6.92 Å². The van der Waals surface area contributed by atoms with Crippen molar-refractivity contribution in [2.75, 3.05) is 7.05 Å². The first-order chi connectivity index (χ1) is 7.45. The van der Waals surface area contributed by atoms with Crippen LogP contribution in [0.1, 0.15) is 23.0 Å². The number of carbonyl (C=O) groups excluding carboxylic acids is 1. The van der Waals surface area contributed by atoms with Gasteiger partial charge in [-0.15, -0.1) is 0 Å². The molecule has 0 spiro atoms. The summed E-state index contributed by atoms with van der Waals surface area (Å²) in [4.78, 5) is 17.9. The smallest absolute Gasteiger partial charge is 0.273 e. The fourth-order valence-corrected chi connectivity index (χ4v) is 1.40. The molecule has 1 aromatic rings. The van der Waals surface area contributed by atoms with E-state index >= 15 is 0 Å². The number of hydrogen-bond acceptors (Lipinski definition) is 3. The highest BCUT2D eigenvalue weighted by molar-refractivity contribution is 7.80. The number of aryl methyl sites for hydroxylation is 1. The van der Waals surface area contributed by atoms with Gasteiger partial charge in [-0.3, -0.25) is 9.78 Å². The summed E-state index contributed by atoms with van der Waals surface area (Å²) in [5.41, 5.74) is 6.79. The van der Waals surface area contributed by atoms with Crippen molar-refractivity contribution < 1.29 is 4.79 Å². The largest absolute Gasteiger partial charge is 0.392 e. The van der Waals surface area contributed by atoms with Crippen molar-refractivity contribution >= 4 is 23.1 Å². The number of nitrogens with two attached hydrogens (primary N) is 1. The van der Waals surface area contributed by atoms with E-state index in [0.717, 1.165) is 5.56 Å². The molecule has 1 aromatic heterocycles. The minimum absolute atomic E-state index is 0.168. The second-order valence-electron chi connectivity index (χ2n) is 3.66. The van der Waals surface area contributed by atoms with E-state index in [-0.39, 0.29) is 11.9 Å². The molecule has 86 valence electrons. The van der Waals surface area contributed by atoms with Crippen molar-refractivity contribution in [2.24, 2.45) is 5.73 Å². The maximum absolute atomic E-state index is 12.1. The molecule has 1 unspecified atom stereocenters. The Morgan fingerprint density at radius 1 is 1.62 bits per heavy atom. The Labute approximate surface area is 100 Å². The van der Waals surface area contributed by atoms with Crippen molar-refractivity contribution in [3.8, 4) is 0 Å². The molecule has 1 amide bonds. The molecule has 1 heterocycles. The van der Waals surface area contributed by atoms with E-state index in [2.05, 4.69) is 4.98 Å². The van der Waals surface area contributed by atoms with E-state index in [9.17, 15) is 4.79 Å². The number of hydrogen-bond donors (Lipinski definition) is 1. The third-order valence-electron chi connectivity index (χ3n) is 2.53. The van der Waals surface area contributed by atoms with Crippen LogP contribution in [0.5, 0.6) is 0 Å². The molecule has 0 aromatic carbocycles. The van der Waals surface area contributed by atoms with Crippen LogP contribution in [-0.2, 0) is 0 Å². The van der Waals surface area contributed by atoms with Gasteiger partial charge in [-0.05, 0) is 25.5 Å². The molecular formula is C11H15N3OS. The highest BCUT2D eigenvalue weighted by Gasteiger charge is 2.21. The predicted molar refractivity (Wildman–Crippen MR) is 67.3 cm³/mol. The summed E-state index contributed by atoms with van der Waals surface area (Å²) in [7, 11) is 1.67. The SMILES string of the molecule is Cc1cccnc1C(=O)N(C)C(C)C(N)=S. The van der Waals surface area contributed by atoms with Gasteiger partial charge in [0.1, 0.15) is 5.69 Å². The van der Waals surface area contributed by atoms with Gasteiger partial charge in [0.05, 0.1) is 11.0 Å². The zero-order valence-electron chi connectivity index (χ0n) is 9.60. The minimum Gasteiger partial charge on any atom is -0.392 e. The van der Waals surface area contributed by atoms with Gasteiger partial charge in [-0.25, -0.2) is 0 Å². The Balaban J connectivity index is 2.95. The first kappa shape index (κ1) is 12.6. The van der Waals surface area contributed by atoms with E-state index in [1.54, 1.807) is 26.2 Å². The molecule has 5 heteroatoms. The number of aromatic nitrogens is 1. The molecular weight excluding hydrogens is 222 g/mol. The van der Waals surface area contributed by atoms with Crippen LogP contribution >= 0.6 is 12.2 Å². The number of thiocarbonyl (C=S) groups is 1. The maximum atomic E-state index is 12.1. The standard InChI is InChI=1S/C11H15N3OS/c1-7-5-4-6-13-9(7)11(15)14(3)8(2)10(12)16/h4-6,8H,1-3H3,(H2,12,16). The Morgan fingerprint density at radius 2 is 2.25 bits per heavy atom. The summed E-state index contributed by atoms with van der Waals surface area (Å²) in [5, 5.41) is 0. The molecule has 0 radical (unpaired) electrons. The van der Waals surface area contributed by atoms with Gasteiger partial charge in [0.25, 0.3) is 5.91 Å². The highest BCUT2D eigenvalue weighted by atomic mass is 32.1. The summed E-state index contributed by atoms with van der Waals surface area (Å²) in [6.07, 6.45) is 1.60. The second kappa shape index (κ2) is 5.03. The molecule has 1 atom stereocenters. The zero-order chi connectivity index (χ0) is 12.3. The Hall–Kier alpha value is -1.49. The van der Waals surface area contributed by atoms with Crippen LogP contribution in [-0.4, -0.2) is 33.9 Å². The number of pyridine rings is 1. The Kier molecular flexibility index (Phi) is 3.95. The van der Waals surface area contributed by atoms with E-state index < -0.39 is 0 Å². The maximum Gasteiger partial charge on any atom is 0.273 e. The summed E-state index contributed by atoms with van der Waals surface area (Å²) >= 11 is 4.86. The molecule has 0 saturated heterocycles. The minimum atomic E-state index is -0.274. The molecule has 0 fully saturated rings. The van der Waals surface area contributed by atoms with Gasteiger partial charge in [-0.2, -0.15) is 0 Å². The van der Waals surface area contributed by atoms with Crippen LogP contribution < -0.4 is 5.73 Å². The molecule has 0 aliphatic heterocycles. The van der Waals surface area contributed by atoms with Crippen molar-refractivity contribution in [1.82, 2.24) is 9.88 Å². The van der Waals surface area contributed by atoms with Gasteiger partial charge in [0.2, 0.25) is 0 Å². The number of likely N-dealkylation sites (N-methyl/N-ethyl adjacent to an activating group) is 1. The van der Waals surface area contributed by atoms with E-state index in [0.29, 0.717) is 10.7 Å². The summed E-state index contributed by atoms with van der Waals surface area (Å²) in [6, 6.07) is 3.37. The van der Waals surface area contributed by atoms with Gasteiger partial charge < -0.3 is 10.6 Å². The third-order valence-corrected chi connectivity index (χ3v) is 2.87. The topological polar surface area (TPSA) is 59.2 Å². The quantitative estimate of drug-likeness (QED) is 0.801. The Bertz CT molecular complexity index is 419. The van der Waals surface area contributed by atoms with E-state index in [4.69, 9.17) is 18.0 Å². The molecule has 1 rings (SSSR count). The Morgan fingerprint density at radius 3 is 2.75 bits per heavy atom. The van der Waals surface area contributed by atoms with Crippen LogP contribution in [0.25, 0.3) is 0 Å². The molecule has 0 bridgehead atoms. The number of carbonyl (C=O) groups is 1. The lowest BCUT2D eigenvalue weighted by Crippen LogP contribution is -2.43. The van der Waals surface area contributed by atoms with Crippen LogP contribution in [0.3, 0.4) is 0 Å². The number of rotatable bonds is 3. The second-order valence-corrected chi connectivity index (χ2v) is 4.13. The van der Waals surface area contributed by atoms with Crippen LogP contribution in [0.2, 0.25) is 0 Å². The van der Waals surface area contributed by atoms with Crippen molar-refractivity contribution in [3.63, 3.8) is 0 Å². The summed E-state index contributed by atoms with van der Waals surface area (Å²) in [5.74, 6) is -0.168. The first-order valence-corrected chi connectivity index (χ1v) is 5.34. The third kappa shape index (κ3) is 2.55. The van der Waals surface area contributed by atoms with E-state index in [1.807, 2.05) is 13.0 Å². The van der Waals surface area contributed by atoms with Gasteiger partial charge >= 0.3 is 0 Å². The lowest BCUT2D eigenvalue weighted by molar-refractivity contribution is 0.0772. The summed E-state index contributed by atoms with van der Waals surface area (Å²) < 4.78 is 0. The first-order valence-electron chi connectivity index (χ1n) is 4.93. The molecule has 2 N–H and O–H groups in total. The van der Waals surface area contributed by atoms with Crippen molar-refractivity contribution in [3.05, 3.63) is 29.6 Å². The molecule has 0 saturated carbocycles. The molecule has 0 aliphatic carbocycles. The summed E-state index contributed by atoms with van der Waals surface area (Å²) in [6.45, 7) is 3.64. The van der Waals surface area contributed by atoms with Crippen molar-refractivity contribution in [2.45, 2.75) is 19.9 Å². The molecule has 16 heavy (non-hydrogen) atoms. The van der Waals surface area contributed by atoms with Gasteiger partial charge in [0, 0.05) is 13.2 Å². The molecule has 0 aliphatic rings. The monoisotopic (exact) mass is 237 g/mol. The van der Waals surface area contributed by atoms with Crippen molar-refractivity contribution in [1.29, 1.82) is 0 Å². The molecule has 4 nitrogen and oxygen atoms in total. The van der Waals surface area contributed by atoms with Gasteiger partial charge in [0.15, 0.2) is 0 Å². The fourth-order valence-electron chi connectivity index (χ4n) is 1.24. The van der Waals surface area contributed by atoms with Crippen LogP contribution in [0.15, 0.2) is 18.3 Å². The number of amides is 1. The lowest BCUT2D eigenvalue weighted by atomic mass is 10.2. The van der Waals surface area contributed by atoms with Crippen LogP contribution in [0.4, 0.5) is 0 Å². The average molecular weight is 237 g/mol. The predicted octanol–water partition coefficient (Wildman–Crippen LogP) is 1.14.